The molecule has 0 fully saturated rings. The van der Waals surface area contributed by atoms with Gasteiger partial charge in [0.05, 0.1) is 4.90 Å². The van der Waals surface area contributed by atoms with Gasteiger partial charge in [-0.15, -0.1) is 0 Å². The molecule has 0 aromatic heterocycles. The lowest BCUT2D eigenvalue weighted by atomic mass is 9.93. The summed E-state index contributed by atoms with van der Waals surface area (Å²) in [6.45, 7) is 9.23. The molecule has 0 amide bonds. The van der Waals surface area contributed by atoms with Gasteiger partial charge in [-0.25, -0.2) is 13.1 Å². The predicted octanol–water partition coefficient (Wildman–Crippen LogP) is 2.43. The summed E-state index contributed by atoms with van der Waals surface area (Å²) in [5.41, 5.74) is 1.85. The maximum Gasteiger partial charge on any atom is 0.240 e. The van der Waals surface area contributed by atoms with Gasteiger partial charge in [0.1, 0.15) is 0 Å². The van der Waals surface area contributed by atoms with Gasteiger partial charge in [-0.2, -0.15) is 0 Å². The Morgan fingerprint density at radius 3 is 2.40 bits per heavy atom. The van der Waals surface area contributed by atoms with E-state index in [0.717, 1.165) is 17.5 Å². The fourth-order valence-corrected chi connectivity index (χ4v) is 3.21. The van der Waals surface area contributed by atoms with E-state index in [2.05, 4.69) is 30.8 Å². The molecule has 0 atom stereocenters. The van der Waals surface area contributed by atoms with Crippen LogP contribution in [0.3, 0.4) is 0 Å². The van der Waals surface area contributed by atoms with E-state index in [1.165, 1.54) is 0 Å². The molecule has 0 radical (unpaired) electrons. The van der Waals surface area contributed by atoms with Crippen LogP contribution in [-0.4, -0.2) is 22.0 Å². The van der Waals surface area contributed by atoms with Gasteiger partial charge in [-0.3, -0.25) is 0 Å². The smallest absolute Gasteiger partial charge is 0.240 e. The van der Waals surface area contributed by atoms with E-state index in [0.29, 0.717) is 18.0 Å². The van der Waals surface area contributed by atoms with E-state index in [4.69, 9.17) is 0 Å². The zero-order chi connectivity index (χ0) is 15.4. The summed E-state index contributed by atoms with van der Waals surface area (Å²) < 4.78 is 27.4. The minimum absolute atomic E-state index is 0.117. The second-order valence-corrected chi connectivity index (χ2v) is 8.07. The molecule has 0 heterocycles. The number of aryl methyl sites for hydroxylation is 1. The Bertz CT molecular complexity index is 545. The molecule has 0 aliphatic heterocycles. The summed E-state index contributed by atoms with van der Waals surface area (Å²) in [5, 5.41) is 3.03. The van der Waals surface area contributed by atoms with Crippen LogP contribution < -0.4 is 10.0 Å². The Balaban J connectivity index is 2.89. The van der Waals surface area contributed by atoms with E-state index in [9.17, 15) is 8.42 Å². The zero-order valence-electron chi connectivity index (χ0n) is 13.1. The number of nitrogens with one attached hydrogen (secondary N) is 2. The molecule has 0 saturated heterocycles. The van der Waals surface area contributed by atoms with Crippen molar-refractivity contribution in [2.45, 2.75) is 45.6 Å². The quantitative estimate of drug-likeness (QED) is 0.848. The summed E-state index contributed by atoms with van der Waals surface area (Å²) in [6.07, 6.45) is 0.807. The summed E-state index contributed by atoms with van der Waals surface area (Å²) in [5.74, 6) is 0. The second kappa shape index (κ2) is 6.70. The lowest BCUT2D eigenvalue weighted by molar-refractivity contribution is 0.378. The van der Waals surface area contributed by atoms with Crippen LogP contribution in [0, 0.1) is 12.3 Å². The van der Waals surface area contributed by atoms with Crippen LogP contribution >= 0.6 is 0 Å². The van der Waals surface area contributed by atoms with E-state index < -0.39 is 10.0 Å². The number of hydrogen-bond acceptors (Lipinski definition) is 3. The summed E-state index contributed by atoms with van der Waals surface area (Å²) in [6, 6.07) is 5.54. The Hall–Kier alpha value is -0.910. The third-order valence-corrected chi connectivity index (χ3v) is 4.69. The first-order valence-electron chi connectivity index (χ1n) is 6.89. The molecule has 1 aromatic rings. The Kier molecular flexibility index (Phi) is 5.74. The summed E-state index contributed by atoms with van der Waals surface area (Å²) in [7, 11) is -1.59. The van der Waals surface area contributed by atoms with Crippen molar-refractivity contribution in [1.29, 1.82) is 0 Å². The fourth-order valence-electron chi connectivity index (χ4n) is 1.89. The molecule has 2 N–H and O–H groups in total. The monoisotopic (exact) mass is 298 g/mol. The molecule has 1 rings (SSSR count). The van der Waals surface area contributed by atoms with Crippen molar-refractivity contribution in [3.05, 3.63) is 29.3 Å². The molecule has 0 aliphatic carbocycles. The number of rotatable bonds is 6. The van der Waals surface area contributed by atoms with Gasteiger partial charge in [0.25, 0.3) is 0 Å². The molecule has 0 bridgehead atoms. The molecule has 1 aromatic carbocycles. The van der Waals surface area contributed by atoms with Gasteiger partial charge in [-0.1, -0.05) is 32.9 Å². The Morgan fingerprint density at radius 2 is 1.85 bits per heavy atom. The van der Waals surface area contributed by atoms with E-state index in [-0.39, 0.29) is 5.41 Å². The normalized spacial score (nSPS) is 12.7. The van der Waals surface area contributed by atoms with Crippen LogP contribution in [0.4, 0.5) is 0 Å². The largest absolute Gasteiger partial charge is 0.316 e. The summed E-state index contributed by atoms with van der Waals surface area (Å²) in [4.78, 5) is 0.374. The second-order valence-electron chi connectivity index (χ2n) is 6.34. The molecular weight excluding hydrogens is 272 g/mol. The van der Waals surface area contributed by atoms with Gasteiger partial charge >= 0.3 is 0 Å². The lowest BCUT2D eigenvalue weighted by Crippen LogP contribution is -2.28. The Morgan fingerprint density at radius 1 is 1.20 bits per heavy atom. The third kappa shape index (κ3) is 5.23. The average Bonchev–Trinajstić information content (AvgIpc) is 2.29. The maximum atomic E-state index is 12.4. The van der Waals surface area contributed by atoms with Crippen LogP contribution in [0.15, 0.2) is 23.1 Å². The van der Waals surface area contributed by atoms with Gasteiger partial charge in [0.15, 0.2) is 0 Å². The first-order chi connectivity index (χ1) is 9.15. The van der Waals surface area contributed by atoms with Gasteiger partial charge in [-0.05, 0) is 43.0 Å². The third-order valence-electron chi connectivity index (χ3n) is 3.09. The van der Waals surface area contributed by atoms with Gasteiger partial charge in [0.2, 0.25) is 10.0 Å². The average molecular weight is 298 g/mol. The Labute approximate surface area is 123 Å². The van der Waals surface area contributed by atoms with Crippen molar-refractivity contribution in [2.75, 3.05) is 13.6 Å². The highest BCUT2D eigenvalue weighted by Crippen LogP contribution is 2.20. The van der Waals surface area contributed by atoms with Crippen molar-refractivity contribution in [3.63, 3.8) is 0 Å². The molecule has 0 aliphatic rings. The SMILES string of the molecule is CNCc1ccc(C)c(S(=O)(=O)NCCC(C)(C)C)c1. The van der Waals surface area contributed by atoms with Crippen molar-refractivity contribution in [2.24, 2.45) is 5.41 Å². The fraction of sp³-hybridized carbons (Fsp3) is 0.600. The number of benzene rings is 1. The highest BCUT2D eigenvalue weighted by molar-refractivity contribution is 7.89. The molecule has 4 nitrogen and oxygen atoms in total. The van der Waals surface area contributed by atoms with Crippen LogP contribution in [0.25, 0.3) is 0 Å². The summed E-state index contributed by atoms with van der Waals surface area (Å²) >= 11 is 0. The number of sulfonamides is 1. The van der Waals surface area contributed by atoms with Crippen molar-refractivity contribution >= 4 is 10.0 Å². The number of hydrogen-bond donors (Lipinski definition) is 2. The van der Waals surface area contributed by atoms with Crippen LogP contribution in [0.2, 0.25) is 0 Å². The van der Waals surface area contributed by atoms with Crippen molar-refractivity contribution < 1.29 is 8.42 Å². The molecule has 0 saturated carbocycles. The first kappa shape index (κ1) is 17.1. The highest BCUT2D eigenvalue weighted by atomic mass is 32.2. The minimum atomic E-state index is -3.43. The van der Waals surface area contributed by atoms with Crippen LogP contribution in [-0.2, 0) is 16.6 Å². The minimum Gasteiger partial charge on any atom is -0.316 e. The van der Waals surface area contributed by atoms with Crippen LogP contribution in [0.5, 0.6) is 0 Å². The van der Waals surface area contributed by atoms with E-state index in [1.807, 2.05) is 26.1 Å². The molecule has 0 spiro atoms. The van der Waals surface area contributed by atoms with Gasteiger partial charge < -0.3 is 5.32 Å². The van der Waals surface area contributed by atoms with E-state index in [1.54, 1.807) is 6.07 Å². The topological polar surface area (TPSA) is 58.2 Å². The maximum absolute atomic E-state index is 12.4. The molecule has 0 unspecified atom stereocenters. The van der Waals surface area contributed by atoms with Gasteiger partial charge in [0, 0.05) is 13.1 Å². The standard InChI is InChI=1S/C15H26N2O2S/c1-12-6-7-13(11-16-5)10-14(12)20(18,19)17-9-8-15(2,3)4/h6-7,10,16-17H,8-9,11H2,1-5H3. The highest BCUT2D eigenvalue weighted by Gasteiger charge is 2.18. The van der Waals surface area contributed by atoms with Crippen molar-refractivity contribution in [3.8, 4) is 0 Å². The zero-order valence-corrected chi connectivity index (χ0v) is 13.9. The molecule has 114 valence electrons. The van der Waals surface area contributed by atoms with E-state index >= 15 is 0 Å². The van der Waals surface area contributed by atoms with Crippen molar-refractivity contribution in [1.82, 2.24) is 10.0 Å². The predicted molar refractivity (Wildman–Crippen MR) is 83.2 cm³/mol. The molecule has 5 heteroatoms. The molecule has 20 heavy (non-hydrogen) atoms. The first-order valence-corrected chi connectivity index (χ1v) is 8.38. The lowest BCUT2D eigenvalue weighted by Gasteiger charge is -2.18. The van der Waals surface area contributed by atoms with Crippen LogP contribution in [0.1, 0.15) is 38.3 Å². The molecular formula is C15H26N2O2S.